The minimum absolute atomic E-state index is 0.0531. The first kappa shape index (κ1) is 16.8. The van der Waals surface area contributed by atoms with Gasteiger partial charge in [0, 0.05) is 16.6 Å². The van der Waals surface area contributed by atoms with Gasteiger partial charge in [-0.1, -0.05) is 6.07 Å². The highest BCUT2D eigenvalue weighted by molar-refractivity contribution is 7.11. The molecule has 5 heteroatoms. The number of anilines is 1. The molecule has 0 bridgehead atoms. The average Bonchev–Trinajstić information content (AvgIpc) is 2.89. The van der Waals surface area contributed by atoms with Gasteiger partial charge in [0.25, 0.3) is 5.91 Å². The number of hydrogen-bond acceptors (Lipinski definition) is 4. The van der Waals surface area contributed by atoms with Crippen LogP contribution in [0.1, 0.15) is 24.3 Å². The molecule has 0 radical (unpaired) electrons. The largest absolute Gasteiger partial charge is 0.491 e. The van der Waals surface area contributed by atoms with Crippen LogP contribution < -0.4 is 10.1 Å². The van der Waals surface area contributed by atoms with Gasteiger partial charge in [0.2, 0.25) is 0 Å². The Balaban J connectivity index is 2.16. The normalized spacial score (nSPS) is 11.2. The summed E-state index contributed by atoms with van der Waals surface area (Å²) in [6.07, 6.45) is 1.67. The summed E-state index contributed by atoms with van der Waals surface area (Å²) >= 11 is 1.50. The highest BCUT2D eigenvalue weighted by atomic mass is 32.1. The van der Waals surface area contributed by atoms with Crippen molar-refractivity contribution in [1.82, 2.24) is 0 Å². The van der Waals surface area contributed by atoms with Crippen molar-refractivity contribution in [3.63, 3.8) is 0 Å². The monoisotopic (exact) mass is 326 g/mol. The van der Waals surface area contributed by atoms with Crippen molar-refractivity contribution >= 4 is 29.0 Å². The van der Waals surface area contributed by atoms with E-state index in [4.69, 9.17) is 4.74 Å². The minimum Gasteiger partial charge on any atom is -0.491 e. The fourth-order valence-electron chi connectivity index (χ4n) is 1.93. The van der Waals surface area contributed by atoms with Gasteiger partial charge in [0.1, 0.15) is 17.4 Å². The van der Waals surface area contributed by atoms with Crippen LogP contribution in [-0.2, 0) is 4.79 Å². The summed E-state index contributed by atoms with van der Waals surface area (Å²) in [7, 11) is 0. The molecule has 0 aliphatic heterocycles. The summed E-state index contributed by atoms with van der Waals surface area (Å²) in [5, 5.41) is 13.9. The highest BCUT2D eigenvalue weighted by Crippen LogP contribution is 2.21. The van der Waals surface area contributed by atoms with Crippen LogP contribution in [0, 0.1) is 18.3 Å². The molecule has 1 aromatic carbocycles. The van der Waals surface area contributed by atoms with Crippen molar-refractivity contribution < 1.29 is 9.53 Å². The molecule has 0 atom stereocenters. The molecule has 0 spiro atoms. The van der Waals surface area contributed by atoms with E-state index in [9.17, 15) is 10.1 Å². The summed E-state index contributed by atoms with van der Waals surface area (Å²) in [5.74, 6) is 0.247. The van der Waals surface area contributed by atoms with Crippen LogP contribution in [0.25, 0.3) is 6.08 Å². The van der Waals surface area contributed by atoms with Crippen LogP contribution in [-0.4, -0.2) is 12.0 Å². The van der Waals surface area contributed by atoms with E-state index in [1.54, 1.807) is 24.3 Å². The number of carbonyl (C=O) groups excluding carboxylic acids is 1. The van der Waals surface area contributed by atoms with Crippen LogP contribution in [0.15, 0.2) is 41.3 Å². The van der Waals surface area contributed by atoms with Gasteiger partial charge in [-0.2, -0.15) is 5.26 Å². The van der Waals surface area contributed by atoms with Crippen molar-refractivity contribution in [2.75, 3.05) is 5.32 Å². The maximum atomic E-state index is 12.3. The molecular formula is C18H18N2O2S. The number of nitrogens with one attached hydrogen (secondary N) is 1. The molecule has 118 valence electrons. The molecule has 1 aromatic heterocycles. The van der Waals surface area contributed by atoms with Crippen molar-refractivity contribution in [3.8, 4) is 11.8 Å². The van der Waals surface area contributed by atoms with E-state index in [2.05, 4.69) is 5.32 Å². The van der Waals surface area contributed by atoms with Crippen molar-refractivity contribution in [3.05, 3.63) is 51.7 Å². The zero-order chi connectivity index (χ0) is 16.8. The lowest BCUT2D eigenvalue weighted by Gasteiger charge is -2.11. The number of hydrogen-bond donors (Lipinski definition) is 1. The van der Waals surface area contributed by atoms with E-state index in [-0.39, 0.29) is 11.7 Å². The van der Waals surface area contributed by atoms with Gasteiger partial charge in [0.05, 0.1) is 6.10 Å². The van der Waals surface area contributed by atoms with E-state index in [0.717, 1.165) is 10.4 Å². The molecule has 0 saturated heterocycles. The smallest absolute Gasteiger partial charge is 0.266 e. The number of carbonyl (C=O) groups is 1. The molecular weight excluding hydrogens is 308 g/mol. The number of benzene rings is 1. The molecule has 0 saturated carbocycles. The van der Waals surface area contributed by atoms with Gasteiger partial charge in [-0.05, 0) is 56.0 Å². The van der Waals surface area contributed by atoms with Gasteiger partial charge in [-0.15, -0.1) is 11.3 Å². The Morgan fingerprint density at radius 2 is 2.17 bits per heavy atom. The molecule has 1 amide bonds. The van der Waals surface area contributed by atoms with E-state index in [1.807, 2.05) is 44.4 Å². The number of aryl methyl sites for hydroxylation is 1. The maximum Gasteiger partial charge on any atom is 0.266 e. The molecule has 23 heavy (non-hydrogen) atoms. The summed E-state index contributed by atoms with van der Waals surface area (Å²) in [6, 6.07) is 11.0. The maximum absolute atomic E-state index is 12.3. The number of nitriles is 1. The SMILES string of the molecule is Cc1ccsc1/C=C(/C#N)C(=O)Nc1cccc(OC(C)C)c1. The van der Waals surface area contributed by atoms with Gasteiger partial charge >= 0.3 is 0 Å². The average molecular weight is 326 g/mol. The van der Waals surface area contributed by atoms with Crippen LogP contribution in [0.4, 0.5) is 5.69 Å². The van der Waals surface area contributed by atoms with Gasteiger partial charge < -0.3 is 10.1 Å². The lowest BCUT2D eigenvalue weighted by molar-refractivity contribution is -0.112. The van der Waals surface area contributed by atoms with Crippen molar-refractivity contribution in [2.24, 2.45) is 0 Å². The quantitative estimate of drug-likeness (QED) is 0.655. The Morgan fingerprint density at radius 3 is 2.78 bits per heavy atom. The number of nitrogens with zero attached hydrogens (tertiary/aromatic N) is 1. The fraction of sp³-hybridized carbons (Fsp3) is 0.222. The van der Waals surface area contributed by atoms with Gasteiger partial charge in [-0.3, -0.25) is 4.79 Å². The summed E-state index contributed by atoms with van der Waals surface area (Å²) in [4.78, 5) is 13.2. The van der Waals surface area contributed by atoms with Crippen LogP contribution in [0.2, 0.25) is 0 Å². The van der Waals surface area contributed by atoms with Crippen LogP contribution in [0.3, 0.4) is 0 Å². The number of thiophene rings is 1. The second-order valence-corrected chi connectivity index (χ2v) is 6.23. The first-order valence-corrected chi connectivity index (χ1v) is 8.11. The van der Waals surface area contributed by atoms with Gasteiger partial charge in [-0.25, -0.2) is 0 Å². The van der Waals surface area contributed by atoms with E-state index in [0.29, 0.717) is 11.4 Å². The lowest BCUT2D eigenvalue weighted by atomic mass is 10.2. The number of ether oxygens (including phenoxy) is 1. The second kappa shape index (κ2) is 7.61. The molecule has 4 nitrogen and oxygen atoms in total. The van der Waals surface area contributed by atoms with E-state index >= 15 is 0 Å². The molecule has 0 unspecified atom stereocenters. The zero-order valence-corrected chi connectivity index (χ0v) is 14.1. The lowest BCUT2D eigenvalue weighted by Crippen LogP contribution is -2.13. The van der Waals surface area contributed by atoms with Crippen LogP contribution >= 0.6 is 11.3 Å². The molecule has 1 heterocycles. The first-order chi connectivity index (χ1) is 11.0. The third-order valence-electron chi connectivity index (χ3n) is 3.01. The Morgan fingerprint density at radius 1 is 1.39 bits per heavy atom. The predicted molar refractivity (Wildman–Crippen MR) is 93.5 cm³/mol. The second-order valence-electron chi connectivity index (χ2n) is 5.29. The van der Waals surface area contributed by atoms with E-state index in [1.165, 1.54) is 11.3 Å². The predicted octanol–water partition coefficient (Wildman–Crippen LogP) is 4.39. The molecule has 2 rings (SSSR count). The molecule has 0 aliphatic carbocycles. The zero-order valence-electron chi connectivity index (χ0n) is 13.3. The number of rotatable bonds is 5. The van der Waals surface area contributed by atoms with E-state index < -0.39 is 5.91 Å². The Kier molecular flexibility index (Phi) is 5.56. The fourth-order valence-corrected chi connectivity index (χ4v) is 2.79. The number of amides is 1. The summed E-state index contributed by atoms with van der Waals surface area (Å²) < 4.78 is 5.59. The molecule has 0 fully saturated rings. The Hall–Kier alpha value is -2.58. The summed E-state index contributed by atoms with van der Waals surface area (Å²) in [6.45, 7) is 5.82. The molecule has 1 N–H and O–H groups in total. The molecule has 0 aliphatic rings. The Labute approximate surface area is 140 Å². The highest BCUT2D eigenvalue weighted by Gasteiger charge is 2.11. The third-order valence-corrected chi connectivity index (χ3v) is 3.97. The first-order valence-electron chi connectivity index (χ1n) is 7.23. The molecule has 2 aromatic rings. The standard InChI is InChI=1S/C18H18N2O2S/c1-12(2)22-16-6-4-5-15(10-16)20-18(21)14(11-19)9-17-13(3)7-8-23-17/h4-10,12H,1-3H3,(H,20,21)/b14-9-. The van der Waals surface area contributed by atoms with Crippen molar-refractivity contribution in [2.45, 2.75) is 26.9 Å². The van der Waals surface area contributed by atoms with Crippen molar-refractivity contribution in [1.29, 1.82) is 5.26 Å². The third kappa shape index (κ3) is 4.70. The van der Waals surface area contributed by atoms with Crippen LogP contribution in [0.5, 0.6) is 5.75 Å². The summed E-state index contributed by atoms with van der Waals surface area (Å²) in [5.41, 5.74) is 1.71. The van der Waals surface area contributed by atoms with Gasteiger partial charge in [0.15, 0.2) is 0 Å². The minimum atomic E-state index is -0.429. The topological polar surface area (TPSA) is 62.1 Å². The Bertz CT molecular complexity index is 769.